The molecule has 4 heteroatoms. The van der Waals surface area contributed by atoms with Crippen LogP contribution in [0.25, 0.3) is 6.08 Å². The van der Waals surface area contributed by atoms with E-state index in [0.717, 1.165) is 5.56 Å². The summed E-state index contributed by atoms with van der Waals surface area (Å²) in [7, 11) is 0. The fourth-order valence-electron chi connectivity index (χ4n) is 1.10. The van der Waals surface area contributed by atoms with E-state index in [0.29, 0.717) is 6.54 Å². The predicted octanol–water partition coefficient (Wildman–Crippen LogP) is 2.11. The molecule has 0 saturated carbocycles. The van der Waals surface area contributed by atoms with Crippen molar-refractivity contribution in [3.8, 4) is 6.07 Å². The van der Waals surface area contributed by atoms with Crippen molar-refractivity contribution >= 4 is 12.0 Å². The first-order chi connectivity index (χ1) is 8.11. The van der Waals surface area contributed by atoms with Crippen molar-refractivity contribution in [1.29, 1.82) is 5.26 Å². The minimum atomic E-state index is -0.311. The van der Waals surface area contributed by atoms with Crippen LogP contribution in [0, 0.1) is 23.1 Å². The van der Waals surface area contributed by atoms with Gasteiger partial charge in [-0.2, -0.15) is 5.26 Å². The monoisotopic (exact) mass is 232 g/mol. The quantitative estimate of drug-likeness (QED) is 0.808. The highest BCUT2D eigenvalue weighted by Crippen LogP contribution is 2.04. The maximum atomic E-state index is 12.6. The molecule has 0 aliphatic rings. The summed E-state index contributed by atoms with van der Waals surface area (Å²) in [6.07, 6.45) is 2.95. The van der Waals surface area contributed by atoms with Gasteiger partial charge in [-0.1, -0.05) is 12.1 Å². The van der Waals surface area contributed by atoms with Crippen LogP contribution in [-0.2, 0) is 4.79 Å². The lowest BCUT2D eigenvalue weighted by molar-refractivity contribution is -0.116. The van der Waals surface area contributed by atoms with E-state index in [2.05, 4.69) is 5.32 Å². The van der Waals surface area contributed by atoms with Gasteiger partial charge in [0.25, 0.3) is 0 Å². The number of amides is 1. The standard InChI is InChI=1S/C13H13FN2O/c1-10(8-15)9-16-13(17)7-4-11-2-5-12(14)6-3-11/h2-7,10H,9H2,1H3,(H,16,17)/b7-4-/t10-/m0/s1. The number of hydrogen-bond acceptors (Lipinski definition) is 2. The van der Waals surface area contributed by atoms with E-state index < -0.39 is 0 Å². The maximum absolute atomic E-state index is 12.6. The summed E-state index contributed by atoms with van der Waals surface area (Å²) >= 11 is 0. The number of carbonyl (C=O) groups is 1. The summed E-state index contributed by atoms with van der Waals surface area (Å²) in [5, 5.41) is 11.1. The molecule has 1 amide bonds. The van der Waals surface area contributed by atoms with Crippen LogP contribution in [0.1, 0.15) is 12.5 Å². The third kappa shape index (κ3) is 4.94. The third-order valence-corrected chi connectivity index (χ3v) is 2.10. The molecule has 1 rings (SSSR count). The second-order valence-electron chi connectivity index (χ2n) is 3.66. The van der Waals surface area contributed by atoms with Crippen LogP contribution in [0.3, 0.4) is 0 Å². The maximum Gasteiger partial charge on any atom is 0.244 e. The highest BCUT2D eigenvalue weighted by atomic mass is 19.1. The fourth-order valence-corrected chi connectivity index (χ4v) is 1.10. The third-order valence-electron chi connectivity index (χ3n) is 2.10. The van der Waals surface area contributed by atoms with E-state index >= 15 is 0 Å². The number of carbonyl (C=O) groups excluding carboxylic acids is 1. The molecule has 17 heavy (non-hydrogen) atoms. The smallest absolute Gasteiger partial charge is 0.244 e. The number of nitrogens with zero attached hydrogens (tertiary/aromatic N) is 1. The lowest BCUT2D eigenvalue weighted by Crippen LogP contribution is -2.25. The van der Waals surface area contributed by atoms with Gasteiger partial charge in [-0.15, -0.1) is 0 Å². The van der Waals surface area contributed by atoms with Gasteiger partial charge >= 0.3 is 0 Å². The molecular formula is C13H13FN2O. The average molecular weight is 232 g/mol. The summed E-state index contributed by atoms with van der Waals surface area (Å²) in [5.41, 5.74) is 0.745. The summed E-state index contributed by atoms with van der Waals surface area (Å²) in [5.74, 6) is -0.788. The van der Waals surface area contributed by atoms with Gasteiger partial charge < -0.3 is 5.32 Å². The summed E-state index contributed by atoms with van der Waals surface area (Å²) in [6, 6.07) is 7.84. The van der Waals surface area contributed by atoms with Crippen molar-refractivity contribution in [2.75, 3.05) is 6.54 Å². The molecule has 1 atom stereocenters. The Morgan fingerprint density at radius 2 is 2.18 bits per heavy atom. The molecule has 1 aromatic rings. The Balaban J connectivity index is 2.46. The van der Waals surface area contributed by atoms with Crippen molar-refractivity contribution in [3.63, 3.8) is 0 Å². The lowest BCUT2D eigenvalue weighted by Gasteiger charge is -2.02. The van der Waals surface area contributed by atoms with Crippen molar-refractivity contribution in [3.05, 3.63) is 41.7 Å². The Morgan fingerprint density at radius 1 is 1.53 bits per heavy atom. The molecule has 0 aliphatic carbocycles. The minimum Gasteiger partial charge on any atom is -0.351 e. The molecule has 0 aromatic heterocycles. The van der Waals surface area contributed by atoms with Gasteiger partial charge in [0.05, 0.1) is 12.0 Å². The topological polar surface area (TPSA) is 52.9 Å². The Hall–Kier alpha value is -2.15. The molecule has 0 saturated heterocycles. The van der Waals surface area contributed by atoms with Crippen molar-refractivity contribution in [2.45, 2.75) is 6.92 Å². The molecule has 0 radical (unpaired) electrons. The Labute approximate surface area is 99.6 Å². The normalized spacial score (nSPS) is 12.1. The van der Waals surface area contributed by atoms with Crippen molar-refractivity contribution in [1.82, 2.24) is 5.32 Å². The number of benzene rings is 1. The molecule has 1 aromatic carbocycles. The molecule has 88 valence electrons. The fraction of sp³-hybridized carbons (Fsp3) is 0.231. The summed E-state index contributed by atoms with van der Waals surface area (Å²) < 4.78 is 12.6. The van der Waals surface area contributed by atoms with E-state index in [4.69, 9.17) is 5.26 Å². The first-order valence-corrected chi connectivity index (χ1v) is 5.23. The molecule has 1 N–H and O–H groups in total. The highest BCUT2D eigenvalue weighted by Gasteiger charge is 2.00. The lowest BCUT2D eigenvalue weighted by atomic mass is 10.2. The number of halogens is 1. The van der Waals surface area contributed by atoms with Crippen LogP contribution < -0.4 is 5.32 Å². The van der Waals surface area contributed by atoms with Crippen LogP contribution >= 0.6 is 0 Å². The van der Waals surface area contributed by atoms with E-state index in [1.54, 1.807) is 25.1 Å². The van der Waals surface area contributed by atoms with E-state index in [1.165, 1.54) is 18.2 Å². The number of rotatable bonds is 4. The molecule has 0 aliphatic heterocycles. The van der Waals surface area contributed by atoms with E-state index in [-0.39, 0.29) is 17.6 Å². The summed E-state index contributed by atoms with van der Waals surface area (Å²) in [6.45, 7) is 2.05. The van der Waals surface area contributed by atoms with Crippen molar-refractivity contribution < 1.29 is 9.18 Å². The Kier molecular flexibility index (Phi) is 4.89. The summed E-state index contributed by atoms with van der Waals surface area (Å²) in [4.78, 5) is 11.3. The zero-order valence-electron chi connectivity index (χ0n) is 9.48. The number of hydrogen-bond donors (Lipinski definition) is 1. The van der Waals surface area contributed by atoms with Crippen LogP contribution in [-0.4, -0.2) is 12.5 Å². The second kappa shape index (κ2) is 6.44. The number of nitriles is 1. The van der Waals surface area contributed by atoms with Gasteiger partial charge in [0.1, 0.15) is 5.82 Å². The van der Waals surface area contributed by atoms with Gasteiger partial charge in [0.2, 0.25) is 5.91 Å². The van der Waals surface area contributed by atoms with Crippen LogP contribution in [0.2, 0.25) is 0 Å². The zero-order chi connectivity index (χ0) is 12.7. The molecular weight excluding hydrogens is 219 g/mol. The molecule has 0 fully saturated rings. The SMILES string of the molecule is C[C@@H](C#N)CNC(=O)/C=C\c1ccc(F)cc1. The van der Waals surface area contributed by atoms with E-state index in [9.17, 15) is 9.18 Å². The van der Waals surface area contributed by atoms with Crippen molar-refractivity contribution in [2.24, 2.45) is 5.92 Å². The Morgan fingerprint density at radius 3 is 2.76 bits per heavy atom. The van der Waals surface area contributed by atoms with Gasteiger partial charge in [0, 0.05) is 12.6 Å². The number of nitrogens with one attached hydrogen (secondary N) is 1. The van der Waals surface area contributed by atoms with Gasteiger partial charge in [-0.25, -0.2) is 4.39 Å². The predicted molar refractivity (Wildman–Crippen MR) is 63.2 cm³/mol. The van der Waals surface area contributed by atoms with E-state index in [1.807, 2.05) is 6.07 Å². The first-order valence-electron chi connectivity index (χ1n) is 5.23. The molecule has 0 unspecified atom stereocenters. The highest BCUT2D eigenvalue weighted by molar-refractivity contribution is 5.91. The average Bonchev–Trinajstić information content (AvgIpc) is 2.35. The molecule has 0 bridgehead atoms. The Bertz CT molecular complexity index is 445. The molecule has 0 heterocycles. The van der Waals surface area contributed by atoms with Crippen LogP contribution in [0.4, 0.5) is 4.39 Å². The first kappa shape index (κ1) is 12.9. The van der Waals surface area contributed by atoms with Gasteiger partial charge in [-0.05, 0) is 30.7 Å². The largest absolute Gasteiger partial charge is 0.351 e. The van der Waals surface area contributed by atoms with Crippen LogP contribution in [0.5, 0.6) is 0 Å². The van der Waals surface area contributed by atoms with Gasteiger partial charge in [0.15, 0.2) is 0 Å². The van der Waals surface area contributed by atoms with Gasteiger partial charge in [-0.3, -0.25) is 4.79 Å². The minimum absolute atomic E-state index is 0.210. The van der Waals surface area contributed by atoms with Crippen LogP contribution in [0.15, 0.2) is 30.3 Å². The molecule has 0 spiro atoms. The second-order valence-corrected chi connectivity index (χ2v) is 3.66. The zero-order valence-corrected chi connectivity index (χ0v) is 9.48. The molecule has 3 nitrogen and oxygen atoms in total.